The highest BCUT2D eigenvalue weighted by Crippen LogP contribution is 2.41. The molecule has 5 fully saturated rings. The van der Waals surface area contributed by atoms with Gasteiger partial charge in [0.05, 0.1) is 43.9 Å². The van der Waals surface area contributed by atoms with Gasteiger partial charge in [-0.15, -0.1) is 0 Å². The SMILES string of the molecule is CC1NCOC1COC1CCC2CN(C[C@@H](O)CNC(=O)C3CC(NC4CCCCC4)NCN3)CCC2C1C. The number of hydrogen-bond donors (Lipinski definition) is 6. The Hall–Kier alpha value is -0.850. The summed E-state index contributed by atoms with van der Waals surface area (Å²) >= 11 is 0. The lowest BCUT2D eigenvalue weighted by atomic mass is 9.68. The van der Waals surface area contributed by atoms with Gasteiger partial charge in [-0.05, 0) is 63.3 Å². The predicted molar refractivity (Wildman–Crippen MR) is 151 cm³/mol. The molecule has 9 atom stereocenters. The Kier molecular flexibility index (Phi) is 10.9. The lowest BCUT2D eigenvalue weighted by molar-refractivity contribution is -0.124. The van der Waals surface area contributed by atoms with Crippen molar-refractivity contribution in [2.24, 2.45) is 17.8 Å². The van der Waals surface area contributed by atoms with Gasteiger partial charge in [-0.3, -0.25) is 26.1 Å². The molecule has 0 spiro atoms. The number of nitrogens with zero attached hydrogens (tertiary/aromatic N) is 1. The lowest BCUT2D eigenvalue weighted by Crippen LogP contribution is -2.62. The fourth-order valence-electron chi connectivity index (χ4n) is 7.71. The molecule has 2 saturated carbocycles. The first kappa shape index (κ1) is 29.6. The molecule has 3 saturated heterocycles. The van der Waals surface area contributed by atoms with Crippen LogP contribution in [0.1, 0.15) is 71.6 Å². The second-order valence-electron chi connectivity index (χ2n) is 12.9. The smallest absolute Gasteiger partial charge is 0.237 e. The Morgan fingerprint density at radius 3 is 2.74 bits per heavy atom. The molecule has 0 aromatic rings. The molecule has 3 heterocycles. The molecule has 0 aromatic carbocycles. The fourth-order valence-corrected chi connectivity index (χ4v) is 7.71. The summed E-state index contributed by atoms with van der Waals surface area (Å²) in [6, 6.07) is 0.684. The number of carbonyl (C=O) groups is 1. The highest BCUT2D eigenvalue weighted by Gasteiger charge is 2.41. The zero-order valence-corrected chi connectivity index (χ0v) is 24.2. The second kappa shape index (κ2) is 14.4. The molecule has 0 aromatic heterocycles. The van der Waals surface area contributed by atoms with Crippen molar-refractivity contribution in [2.75, 3.05) is 46.2 Å². The van der Waals surface area contributed by atoms with E-state index in [1.165, 1.54) is 38.5 Å². The van der Waals surface area contributed by atoms with E-state index in [4.69, 9.17) is 9.47 Å². The van der Waals surface area contributed by atoms with Crippen molar-refractivity contribution >= 4 is 5.91 Å². The quantitative estimate of drug-likeness (QED) is 0.234. The molecule has 10 nitrogen and oxygen atoms in total. The number of ether oxygens (including phenoxy) is 2. The molecule has 5 aliphatic rings. The number of rotatable bonds is 10. The molecule has 2 aliphatic carbocycles. The van der Waals surface area contributed by atoms with Gasteiger partial charge < -0.3 is 24.8 Å². The van der Waals surface area contributed by atoms with Crippen molar-refractivity contribution in [1.82, 2.24) is 31.5 Å². The minimum Gasteiger partial charge on any atom is -0.390 e. The normalized spacial score (nSPS) is 39.3. The summed E-state index contributed by atoms with van der Waals surface area (Å²) < 4.78 is 12.1. The zero-order chi connectivity index (χ0) is 27.2. The zero-order valence-electron chi connectivity index (χ0n) is 24.2. The van der Waals surface area contributed by atoms with Gasteiger partial charge in [0, 0.05) is 44.8 Å². The van der Waals surface area contributed by atoms with Crippen molar-refractivity contribution in [2.45, 2.75) is 114 Å². The van der Waals surface area contributed by atoms with Crippen LogP contribution in [-0.4, -0.2) is 105 Å². The summed E-state index contributed by atoms with van der Waals surface area (Å²) in [4.78, 5) is 15.3. The number of β-amino-alcohol motifs (C(OH)–C–C–N with tert-alkyl or cyclic N) is 1. The fraction of sp³-hybridized carbons (Fsp3) is 0.966. The lowest BCUT2D eigenvalue weighted by Gasteiger charge is -2.47. The van der Waals surface area contributed by atoms with Gasteiger partial charge in [-0.1, -0.05) is 26.2 Å². The van der Waals surface area contributed by atoms with Crippen LogP contribution in [0.15, 0.2) is 0 Å². The molecule has 6 N–H and O–H groups in total. The highest BCUT2D eigenvalue weighted by molar-refractivity contribution is 5.81. The number of fused-ring (bicyclic) bond motifs is 1. The van der Waals surface area contributed by atoms with E-state index in [9.17, 15) is 9.90 Å². The molecular formula is C29H54N6O4. The Morgan fingerprint density at radius 2 is 1.95 bits per heavy atom. The standard InChI is InChI=1S/C29H54N6O4/c1-19-24-10-11-35(14-21(24)8-9-26(19)38-16-27-20(2)33-18-39-27)15-23(36)13-30-29(37)25-12-28(32-17-31-25)34-22-6-4-3-5-7-22/h19-28,31-34,36H,3-18H2,1-2H3,(H,30,37)/t19?,20?,21?,23-,24?,25?,26?,27?,28?/m0/s1. The number of aliphatic hydroxyl groups excluding tert-OH is 1. The number of carbonyl (C=O) groups excluding carboxylic acids is 1. The van der Waals surface area contributed by atoms with Crippen LogP contribution in [0.25, 0.3) is 0 Å². The van der Waals surface area contributed by atoms with Gasteiger partial charge in [-0.2, -0.15) is 0 Å². The maximum Gasteiger partial charge on any atom is 0.237 e. The molecule has 1 amide bonds. The van der Waals surface area contributed by atoms with Crippen molar-refractivity contribution < 1.29 is 19.4 Å². The van der Waals surface area contributed by atoms with Gasteiger partial charge in [0.15, 0.2) is 0 Å². The van der Waals surface area contributed by atoms with E-state index in [-0.39, 0.29) is 24.2 Å². The van der Waals surface area contributed by atoms with Gasteiger partial charge in [0.2, 0.25) is 5.91 Å². The molecule has 5 rings (SSSR count). The summed E-state index contributed by atoms with van der Waals surface area (Å²) in [5, 5.41) is 27.5. The molecule has 0 radical (unpaired) electrons. The number of aliphatic hydroxyl groups is 1. The molecule has 224 valence electrons. The summed E-state index contributed by atoms with van der Waals surface area (Å²) in [6.45, 7) is 9.40. The molecule has 8 unspecified atom stereocenters. The Morgan fingerprint density at radius 1 is 1.10 bits per heavy atom. The molecule has 39 heavy (non-hydrogen) atoms. The largest absolute Gasteiger partial charge is 0.390 e. The Bertz CT molecular complexity index is 770. The van der Waals surface area contributed by atoms with Gasteiger partial charge in [0.1, 0.15) is 0 Å². The van der Waals surface area contributed by atoms with E-state index in [1.807, 2.05) is 0 Å². The third kappa shape index (κ3) is 8.13. The number of hydrogen-bond acceptors (Lipinski definition) is 9. The first-order chi connectivity index (χ1) is 19.0. The first-order valence-corrected chi connectivity index (χ1v) is 15.8. The number of piperidine rings is 1. The van der Waals surface area contributed by atoms with Gasteiger partial charge in [0.25, 0.3) is 0 Å². The Labute approximate surface area is 235 Å². The maximum atomic E-state index is 12.9. The second-order valence-corrected chi connectivity index (χ2v) is 12.9. The van der Waals surface area contributed by atoms with E-state index in [2.05, 4.69) is 45.3 Å². The third-order valence-electron chi connectivity index (χ3n) is 10.2. The average Bonchev–Trinajstić information content (AvgIpc) is 3.36. The molecule has 0 bridgehead atoms. The van der Waals surface area contributed by atoms with Crippen LogP contribution in [0, 0.1) is 17.8 Å². The summed E-state index contributed by atoms with van der Waals surface area (Å²) in [5.41, 5.74) is 0. The summed E-state index contributed by atoms with van der Waals surface area (Å²) in [6.07, 6.45) is 10.6. The minimum absolute atomic E-state index is 0.00923. The number of nitrogens with one attached hydrogen (secondary N) is 5. The van der Waals surface area contributed by atoms with E-state index in [0.717, 1.165) is 32.4 Å². The monoisotopic (exact) mass is 550 g/mol. The predicted octanol–water partition coefficient (Wildman–Crippen LogP) is 0.709. The summed E-state index contributed by atoms with van der Waals surface area (Å²) in [5.74, 6) is 1.88. The van der Waals surface area contributed by atoms with Crippen LogP contribution >= 0.6 is 0 Å². The summed E-state index contributed by atoms with van der Waals surface area (Å²) in [7, 11) is 0. The van der Waals surface area contributed by atoms with Gasteiger partial charge in [-0.25, -0.2) is 0 Å². The molecular weight excluding hydrogens is 496 g/mol. The first-order valence-electron chi connectivity index (χ1n) is 15.8. The van der Waals surface area contributed by atoms with Gasteiger partial charge >= 0.3 is 0 Å². The van der Waals surface area contributed by atoms with Crippen molar-refractivity contribution in [3.8, 4) is 0 Å². The molecule has 3 aliphatic heterocycles. The topological polar surface area (TPSA) is 119 Å². The van der Waals surface area contributed by atoms with Crippen LogP contribution in [0.4, 0.5) is 0 Å². The number of likely N-dealkylation sites (tertiary alicyclic amines) is 1. The maximum absolute atomic E-state index is 12.9. The van der Waals surface area contributed by atoms with Crippen LogP contribution in [-0.2, 0) is 14.3 Å². The highest BCUT2D eigenvalue weighted by atomic mass is 16.5. The van der Waals surface area contributed by atoms with Crippen LogP contribution < -0.4 is 26.6 Å². The van der Waals surface area contributed by atoms with E-state index in [1.54, 1.807) is 0 Å². The van der Waals surface area contributed by atoms with Crippen molar-refractivity contribution in [3.63, 3.8) is 0 Å². The van der Waals surface area contributed by atoms with Crippen molar-refractivity contribution in [3.05, 3.63) is 0 Å². The van der Waals surface area contributed by atoms with Crippen LogP contribution in [0.5, 0.6) is 0 Å². The van der Waals surface area contributed by atoms with E-state index < -0.39 is 6.10 Å². The minimum atomic E-state index is -0.553. The van der Waals surface area contributed by atoms with Crippen LogP contribution in [0.2, 0.25) is 0 Å². The van der Waals surface area contributed by atoms with Crippen molar-refractivity contribution in [1.29, 1.82) is 0 Å². The number of amides is 1. The van der Waals surface area contributed by atoms with E-state index in [0.29, 0.717) is 69.0 Å². The molecule has 10 heteroatoms. The average molecular weight is 551 g/mol. The van der Waals surface area contributed by atoms with Crippen LogP contribution in [0.3, 0.4) is 0 Å². The Balaban J connectivity index is 0.988. The third-order valence-corrected chi connectivity index (χ3v) is 10.2. The van der Waals surface area contributed by atoms with E-state index >= 15 is 0 Å².